The number of likely N-dealkylation sites (tertiary alicyclic amines) is 1. The SMILES string of the molecule is C=CCN1CCN(C(C)C)C(=O)C12CCN(Cc1cncn1C)C2. The minimum absolute atomic E-state index is 0.256. The molecule has 0 N–H and O–H groups in total. The van der Waals surface area contributed by atoms with Gasteiger partial charge in [-0.15, -0.1) is 6.58 Å². The smallest absolute Gasteiger partial charge is 0.244 e. The maximum absolute atomic E-state index is 13.3. The molecule has 2 aliphatic rings. The first-order chi connectivity index (χ1) is 11.5. The molecule has 0 aliphatic carbocycles. The monoisotopic (exact) mass is 331 g/mol. The van der Waals surface area contributed by atoms with Gasteiger partial charge in [0.15, 0.2) is 0 Å². The second-order valence-electron chi connectivity index (χ2n) is 7.32. The van der Waals surface area contributed by atoms with Gasteiger partial charge in [-0.3, -0.25) is 14.6 Å². The van der Waals surface area contributed by atoms with Gasteiger partial charge < -0.3 is 9.47 Å². The van der Waals surface area contributed by atoms with Crippen molar-refractivity contribution in [2.45, 2.75) is 38.4 Å². The van der Waals surface area contributed by atoms with Gasteiger partial charge in [-0.05, 0) is 20.3 Å². The number of piperazine rings is 1. The molecule has 2 fully saturated rings. The summed E-state index contributed by atoms with van der Waals surface area (Å²) in [6.07, 6.45) is 6.55. The number of aryl methyl sites for hydroxylation is 1. The second kappa shape index (κ2) is 6.69. The Bertz CT molecular complexity index is 610. The lowest BCUT2D eigenvalue weighted by atomic mass is 9.90. The molecular formula is C18H29N5O. The van der Waals surface area contributed by atoms with Crippen LogP contribution in [0.2, 0.25) is 0 Å². The first-order valence-corrected chi connectivity index (χ1v) is 8.82. The Morgan fingerprint density at radius 1 is 1.38 bits per heavy atom. The summed E-state index contributed by atoms with van der Waals surface area (Å²) in [5, 5.41) is 0. The van der Waals surface area contributed by atoms with Crippen molar-refractivity contribution in [3.8, 4) is 0 Å². The number of hydrogen-bond acceptors (Lipinski definition) is 4. The Balaban J connectivity index is 1.80. The molecule has 24 heavy (non-hydrogen) atoms. The van der Waals surface area contributed by atoms with E-state index in [2.05, 4.69) is 39.8 Å². The van der Waals surface area contributed by atoms with Crippen LogP contribution in [-0.2, 0) is 18.4 Å². The van der Waals surface area contributed by atoms with Gasteiger partial charge in [0.05, 0.1) is 12.0 Å². The zero-order valence-corrected chi connectivity index (χ0v) is 15.1. The summed E-state index contributed by atoms with van der Waals surface area (Å²) in [7, 11) is 2.02. The Kier molecular flexibility index (Phi) is 4.78. The van der Waals surface area contributed by atoms with Crippen molar-refractivity contribution < 1.29 is 4.79 Å². The molecule has 1 unspecified atom stereocenters. The average Bonchev–Trinajstić information content (AvgIpc) is 3.13. The Labute approximate surface area is 144 Å². The average molecular weight is 331 g/mol. The van der Waals surface area contributed by atoms with Crippen LogP contribution >= 0.6 is 0 Å². The van der Waals surface area contributed by atoms with E-state index >= 15 is 0 Å². The third kappa shape index (κ3) is 2.89. The van der Waals surface area contributed by atoms with Gasteiger partial charge >= 0.3 is 0 Å². The number of nitrogens with zero attached hydrogens (tertiary/aromatic N) is 5. The van der Waals surface area contributed by atoms with Gasteiger partial charge in [-0.25, -0.2) is 4.98 Å². The van der Waals surface area contributed by atoms with Gasteiger partial charge in [-0.1, -0.05) is 6.08 Å². The van der Waals surface area contributed by atoms with E-state index in [4.69, 9.17) is 0 Å². The van der Waals surface area contributed by atoms with Crippen LogP contribution in [0.5, 0.6) is 0 Å². The van der Waals surface area contributed by atoms with Crippen LogP contribution in [0, 0.1) is 0 Å². The van der Waals surface area contributed by atoms with Crippen molar-refractivity contribution in [3.63, 3.8) is 0 Å². The predicted octanol–water partition coefficient (Wildman–Crippen LogP) is 1.10. The van der Waals surface area contributed by atoms with Crippen molar-refractivity contribution in [2.75, 3.05) is 32.7 Å². The molecule has 1 aromatic rings. The van der Waals surface area contributed by atoms with E-state index in [0.29, 0.717) is 0 Å². The highest BCUT2D eigenvalue weighted by molar-refractivity contribution is 5.88. The lowest BCUT2D eigenvalue weighted by Gasteiger charge is -2.48. The lowest BCUT2D eigenvalue weighted by Crippen LogP contribution is -2.68. The molecular weight excluding hydrogens is 302 g/mol. The molecule has 2 aliphatic heterocycles. The Hall–Kier alpha value is -1.66. The van der Waals surface area contributed by atoms with Gasteiger partial charge in [-0.2, -0.15) is 0 Å². The van der Waals surface area contributed by atoms with Crippen molar-refractivity contribution in [2.24, 2.45) is 7.05 Å². The summed E-state index contributed by atoms with van der Waals surface area (Å²) >= 11 is 0. The van der Waals surface area contributed by atoms with Crippen LogP contribution in [0.1, 0.15) is 26.0 Å². The second-order valence-corrected chi connectivity index (χ2v) is 7.32. The molecule has 3 heterocycles. The normalized spacial score (nSPS) is 26.0. The molecule has 0 bridgehead atoms. The van der Waals surface area contributed by atoms with E-state index in [9.17, 15) is 4.79 Å². The van der Waals surface area contributed by atoms with Crippen molar-refractivity contribution in [1.29, 1.82) is 0 Å². The number of carbonyl (C=O) groups excluding carboxylic acids is 1. The molecule has 6 nitrogen and oxygen atoms in total. The summed E-state index contributed by atoms with van der Waals surface area (Å²) < 4.78 is 2.05. The highest BCUT2D eigenvalue weighted by Crippen LogP contribution is 2.34. The zero-order valence-electron chi connectivity index (χ0n) is 15.1. The first kappa shape index (κ1) is 17.2. The molecule has 0 radical (unpaired) electrons. The van der Waals surface area contributed by atoms with Gasteiger partial charge in [0, 0.05) is 58.6 Å². The van der Waals surface area contributed by atoms with Crippen molar-refractivity contribution in [3.05, 3.63) is 30.9 Å². The summed E-state index contributed by atoms with van der Waals surface area (Å²) in [6.45, 7) is 13.2. The molecule has 0 aromatic carbocycles. The summed E-state index contributed by atoms with van der Waals surface area (Å²) in [5.74, 6) is 0.290. The van der Waals surface area contributed by atoms with Gasteiger partial charge in [0.25, 0.3) is 0 Å². The fraction of sp³-hybridized carbons (Fsp3) is 0.667. The minimum Gasteiger partial charge on any atom is -0.337 e. The highest BCUT2D eigenvalue weighted by Gasteiger charge is 2.53. The summed E-state index contributed by atoms with van der Waals surface area (Å²) in [6, 6.07) is 0.256. The summed E-state index contributed by atoms with van der Waals surface area (Å²) in [4.78, 5) is 24.3. The van der Waals surface area contributed by atoms with E-state index in [1.807, 2.05) is 30.5 Å². The molecule has 1 atom stereocenters. The molecule has 132 valence electrons. The fourth-order valence-electron chi connectivity index (χ4n) is 4.07. The lowest BCUT2D eigenvalue weighted by molar-refractivity contribution is -0.152. The largest absolute Gasteiger partial charge is 0.337 e. The Morgan fingerprint density at radius 2 is 2.17 bits per heavy atom. The number of imidazole rings is 1. The molecule has 2 saturated heterocycles. The van der Waals surface area contributed by atoms with Crippen LogP contribution < -0.4 is 0 Å². The van der Waals surface area contributed by atoms with E-state index < -0.39 is 5.54 Å². The van der Waals surface area contributed by atoms with E-state index in [1.165, 1.54) is 5.69 Å². The Morgan fingerprint density at radius 3 is 2.79 bits per heavy atom. The third-order valence-corrected chi connectivity index (χ3v) is 5.48. The van der Waals surface area contributed by atoms with Crippen LogP contribution in [0.4, 0.5) is 0 Å². The van der Waals surface area contributed by atoms with Crippen molar-refractivity contribution in [1.82, 2.24) is 24.3 Å². The molecule has 6 heteroatoms. The van der Waals surface area contributed by atoms with Crippen LogP contribution in [-0.4, -0.2) is 74.5 Å². The maximum Gasteiger partial charge on any atom is 0.244 e. The van der Waals surface area contributed by atoms with E-state index in [1.54, 1.807) is 0 Å². The first-order valence-electron chi connectivity index (χ1n) is 8.82. The standard InChI is InChI=1S/C18H29N5O/c1-5-7-22-9-10-23(15(2)3)17(24)18(22)6-8-21(13-18)12-16-11-19-14-20(16)4/h5,11,14-15H,1,6-10,12-13H2,2-4H3. The number of rotatable bonds is 5. The minimum atomic E-state index is -0.394. The van der Waals surface area contributed by atoms with Crippen LogP contribution in [0.3, 0.4) is 0 Å². The number of hydrogen-bond donors (Lipinski definition) is 0. The fourth-order valence-corrected chi connectivity index (χ4v) is 4.07. The summed E-state index contributed by atoms with van der Waals surface area (Å²) in [5.41, 5.74) is 0.793. The topological polar surface area (TPSA) is 44.6 Å². The highest BCUT2D eigenvalue weighted by atomic mass is 16.2. The van der Waals surface area contributed by atoms with Gasteiger partial charge in [0.1, 0.15) is 5.54 Å². The molecule has 3 rings (SSSR count). The molecule has 1 amide bonds. The van der Waals surface area contributed by atoms with Crippen molar-refractivity contribution >= 4 is 5.91 Å². The van der Waals surface area contributed by atoms with Crippen LogP contribution in [0.25, 0.3) is 0 Å². The third-order valence-electron chi connectivity index (χ3n) is 5.48. The van der Waals surface area contributed by atoms with E-state index in [-0.39, 0.29) is 11.9 Å². The predicted molar refractivity (Wildman–Crippen MR) is 94.5 cm³/mol. The molecule has 1 spiro atoms. The number of carbonyl (C=O) groups is 1. The van der Waals surface area contributed by atoms with Crippen LogP contribution in [0.15, 0.2) is 25.2 Å². The quantitative estimate of drug-likeness (QED) is 0.758. The number of amides is 1. The van der Waals surface area contributed by atoms with Gasteiger partial charge in [0.2, 0.25) is 5.91 Å². The zero-order chi connectivity index (χ0) is 17.3. The maximum atomic E-state index is 13.3. The molecule has 1 aromatic heterocycles. The number of aromatic nitrogens is 2. The molecule has 0 saturated carbocycles. The van der Waals surface area contributed by atoms with E-state index in [0.717, 1.165) is 45.7 Å².